The van der Waals surface area contributed by atoms with Crippen molar-refractivity contribution in [1.29, 1.82) is 0 Å². The Hall–Kier alpha value is -0.170. The number of sulfonamides is 1. The van der Waals surface area contributed by atoms with E-state index in [0.29, 0.717) is 12.3 Å². The van der Waals surface area contributed by atoms with Crippen molar-refractivity contribution in [2.45, 2.75) is 19.3 Å². The zero-order valence-corrected chi connectivity index (χ0v) is 12.7. The van der Waals surface area contributed by atoms with Gasteiger partial charge in [0.25, 0.3) is 0 Å². The van der Waals surface area contributed by atoms with Crippen LogP contribution in [0.1, 0.15) is 19.3 Å². The van der Waals surface area contributed by atoms with Crippen LogP contribution in [0.3, 0.4) is 0 Å². The molecule has 18 heavy (non-hydrogen) atoms. The third kappa shape index (κ3) is 5.65. The molecule has 1 atom stereocenters. The van der Waals surface area contributed by atoms with Gasteiger partial charge in [-0.2, -0.15) is 0 Å². The monoisotopic (exact) mass is 277 g/mol. The fourth-order valence-electron chi connectivity index (χ4n) is 2.24. The van der Waals surface area contributed by atoms with E-state index >= 15 is 0 Å². The van der Waals surface area contributed by atoms with E-state index in [1.165, 1.54) is 4.31 Å². The summed E-state index contributed by atoms with van der Waals surface area (Å²) in [6, 6.07) is 0. The predicted molar refractivity (Wildman–Crippen MR) is 75.2 cm³/mol. The molecule has 0 spiro atoms. The lowest BCUT2D eigenvalue weighted by Crippen LogP contribution is -2.39. The van der Waals surface area contributed by atoms with E-state index < -0.39 is 10.0 Å². The minimum Gasteiger partial charge on any atom is -0.316 e. The van der Waals surface area contributed by atoms with Crippen LogP contribution in [0.4, 0.5) is 0 Å². The van der Waals surface area contributed by atoms with Gasteiger partial charge >= 0.3 is 0 Å². The van der Waals surface area contributed by atoms with E-state index in [0.717, 1.165) is 38.9 Å². The number of hydrogen-bond donors (Lipinski definition) is 1. The van der Waals surface area contributed by atoms with Gasteiger partial charge in [-0.3, -0.25) is 0 Å². The molecule has 1 fully saturated rings. The number of rotatable bonds is 7. The molecule has 0 saturated carbocycles. The molecule has 1 N–H and O–H groups in total. The second kappa shape index (κ2) is 7.43. The first-order chi connectivity index (χ1) is 8.42. The molecule has 0 aromatic rings. The highest BCUT2D eigenvalue weighted by atomic mass is 32.2. The van der Waals surface area contributed by atoms with Gasteiger partial charge in [0.05, 0.1) is 5.75 Å². The Morgan fingerprint density at radius 2 is 1.94 bits per heavy atom. The van der Waals surface area contributed by atoms with Gasteiger partial charge in [-0.25, -0.2) is 12.7 Å². The summed E-state index contributed by atoms with van der Waals surface area (Å²) >= 11 is 0. The second-order valence-electron chi connectivity index (χ2n) is 5.47. The number of piperidine rings is 1. The molecule has 1 aliphatic heterocycles. The van der Waals surface area contributed by atoms with Gasteiger partial charge in [-0.1, -0.05) is 0 Å². The molecule has 1 aliphatic rings. The maximum atomic E-state index is 12.2. The molecule has 0 aliphatic carbocycles. The number of nitrogens with one attached hydrogen (secondary N) is 1. The van der Waals surface area contributed by atoms with Crippen LogP contribution in [0.5, 0.6) is 0 Å². The van der Waals surface area contributed by atoms with Gasteiger partial charge < -0.3 is 10.2 Å². The summed E-state index contributed by atoms with van der Waals surface area (Å²) in [4.78, 5) is 2.07. The molecule has 0 bridgehead atoms. The van der Waals surface area contributed by atoms with Crippen LogP contribution in [-0.4, -0.2) is 70.7 Å². The molecule has 0 aromatic heterocycles. The van der Waals surface area contributed by atoms with Gasteiger partial charge in [0.2, 0.25) is 10.0 Å². The molecule has 0 amide bonds. The molecule has 5 nitrogen and oxygen atoms in total. The molecule has 0 aromatic carbocycles. The summed E-state index contributed by atoms with van der Waals surface area (Å²) < 4.78 is 25.8. The summed E-state index contributed by atoms with van der Waals surface area (Å²) in [5.41, 5.74) is 0. The Balaban J connectivity index is 2.36. The van der Waals surface area contributed by atoms with E-state index in [-0.39, 0.29) is 5.92 Å². The largest absolute Gasteiger partial charge is 0.316 e. The van der Waals surface area contributed by atoms with E-state index in [4.69, 9.17) is 0 Å². The lowest BCUT2D eigenvalue weighted by atomic mass is 10.0. The fourth-order valence-corrected chi connectivity index (χ4v) is 3.78. The highest BCUT2D eigenvalue weighted by Crippen LogP contribution is 2.14. The van der Waals surface area contributed by atoms with Crippen LogP contribution in [0.2, 0.25) is 0 Å². The molecule has 1 saturated heterocycles. The molecule has 6 heteroatoms. The van der Waals surface area contributed by atoms with Gasteiger partial charge in [0, 0.05) is 13.6 Å². The van der Waals surface area contributed by atoms with Gasteiger partial charge in [0.1, 0.15) is 0 Å². The van der Waals surface area contributed by atoms with Crippen molar-refractivity contribution < 1.29 is 8.42 Å². The van der Waals surface area contributed by atoms with Crippen LogP contribution in [0.15, 0.2) is 0 Å². The van der Waals surface area contributed by atoms with Crippen LogP contribution in [-0.2, 0) is 10.0 Å². The molecule has 1 unspecified atom stereocenters. The van der Waals surface area contributed by atoms with Crippen molar-refractivity contribution in [3.8, 4) is 0 Å². The van der Waals surface area contributed by atoms with Crippen LogP contribution in [0.25, 0.3) is 0 Å². The fraction of sp³-hybridized carbons (Fsp3) is 1.00. The predicted octanol–water partition coefficient (Wildman–Crippen LogP) is 0.199. The van der Waals surface area contributed by atoms with Gasteiger partial charge in [-0.15, -0.1) is 0 Å². The topological polar surface area (TPSA) is 52.7 Å². The minimum atomic E-state index is -3.08. The molecule has 1 heterocycles. The van der Waals surface area contributed by atoms with Gasteiger partial charge in [-0.05, 0) is 58.9 Å². The van der Waals surface area contributed by atoms with E-state index in [1.54, 1.807) is 7.05 Å². The Bertz CT molecular complexity index is 324. The first-order valence-electron chi connectivity index (χ1n) is 6.71. The summed E-state index contributed by atoms with van der Waals surface area (Å²) in [7, 11) is 2.62. The zero-order valence-electron chi connectivity index (χ0n) is 11.9. The maximum absolute atomic E-state index is 12.2. The first-order valence-corrected chi connectivity index (χ1v) is 8.32. The minimum absolute atomic E-state index is 0.278. The number of hydrogen-bond acceptors (Lipinski definition) is 4. The van der Waals surface area contributed by atoms with Crippen molar-refractivity contribution >= 4 is 10.0 Å². The van der Waals surface area contributed by atoms with Crippen LogP contribution >= 0.6 is 0 Å². The highest BCUT2D eigenvalue weighted by Gasteiger charge is 2.24. The Morgan fingerprint density at radius 3 is 2.50 bits per heavy atom. The average Bonchev–Trinajstić information content (AvgIpc) is 2.29. The zero-order chi connectivity index (χ0) is 13.6. The Morgan fingerprint density at radius 1 is 1.22 bits per heavy atom. The normalized spacial score (nSPS) is 21.7. The van der Waals surface area contributed by atoms with Crippen LogP contribution in [0, 0.1) is 5.92 Å². The first kappa shape index (κ1) is 15.9. The third-order valence-corrected chi connectivity index (χ3v) is 5.42. The van der Waals surface area contributed by atoms with E-state index in [2.05, 4.69) is 10.2 Å². The SMILES string of the molecule is CN(C)CCCN(C)S(=O)(=O)CC1CCCNC1. The van der Waals surface area contributed by atoms with E-state index in [1.807, 2.05) is 14.1 Å². The van der Waals surface area contributed by atoms with Crippen molar-refractivity contribution in [2.75, 3.05) is 53.1 Å². The van der Waals surface area contributed by atoms with Gasteiger partial charge in [0.15, 0.2) is 0 Å². The Labute approximate surface area is 112 Å². The van der Waals surface area contributed by atoms with Crippen molar-refractivity contribution in [2.24, 2.45) is 5.92 Å². The lowest BCUT2D eigenvalue weighted by molar-refractivity contribution is 0.363. The number of nitrogens with zero attached hydrogens (tertiary/aromatic N) is 2. The molecule has 1 rings (SSSR count). The smallest absolute Gasteiger partial charge is 0.214 e. The van der Waals surface area contributed by atoms with Crippen LogP contribution < -0.4 is 5.32 Å². The summed E-state index contributed by atoms with van der Waals surface area (Å²) in [5, 5.41) is 3.26. The third-order valence-electron chi connectivity index (χ3n) is 3.40. The highest BCUT2D eigenvalue weighted by molar-refractivity contribution is 7.89. The maximum Gasteiger partial charge on any atom is 0.214 e. The quantitative estimate of drug-likeness (QED) is 0.722. The molecule has 108 valence electrons. The average molecular weight is 277 g/mol. The standard InChI is InChI=1S/C12H27N3O2S/c1-14(2)8-5-9-15(3)18(16,17)11-12-6-4-7-13-10-12/h12-13H,4-11H2,1-3H3. The van der Waals surface area contributed by atoms with Crippen molar-refractivity contribution in [3.63, 3.8) is 0 Å². The summed E-state index contributed by atoms with van der Waals surface area (Å²) in [6.07, 6.45) is 2.99. The molecular formula is C12H27N3O2S. The Kier molecular flexibility index (Phi) is 6.55. The second-order valence-corrected chi connectivity index (χ2v) is 7.59. The van der Waals surface area contributed by atoms with E-state index in [9.17, 15) is 8.42 Å². The molecule has 0 radical (unpaired) electrons. The van der Waals surface area contributed by atoms with Crippen molar-refractivity contribution in [3.05, 3.63) is 0 Å². The lowest BCUT2D eigenvalue weighted by Gasteiger charge is -2.25. The van der Waals surface area contributed by atoms with Crippen molar-refractivity contribution in [1.82, 2.24) is 14.5 Å². The summed E-state index contributed by atoms with van der Waals surface area (Å²) in [6.45, 7) is 3.39. The summed E-state index contributed by atoms with van der Waals surface area (Å²) in [5.74, 6) is 0.568. The molecular weight excluding hydrogens is 250 g/mol.